The number of nitrogens with one attached hydrogen (secondary N) is 3. The van der Waals surface area contributed by atoms with Crippen molar-refractivity contribution in [3.05, 3.63) is 63.6 Å². The molecule has 2 aromatic rings. The van der Waals surface area contributed by atoms with E-state index in [2.05, 4.69) is 44.5 Å². The monoisotopic (exact) mass is 512 g/mol. The molecule has 1 aliphatic heterocycles. The smallest absolute Gasteiger partial charge is 0.319 e. The van der Waals surface area contributed by atoms with Crippen molar-refractivity contribution >= 4 is 44.9 Å². The largest absolute Gasteiger partial charge is 0.337 e. The first-order chi connectivity index (χ1) is 15.6. The van der Waals surface area contributed by atoms with Gasteiger partial charge in [-0.3, -0.25) is 0 Å². The predicted molar refractivity (Wildman–Crippen MR) is 135 cm³/mol. The highest BCUT2D eigenvalue weighted by Crippen LogP contribution is 2.24. The number of amides is 2. The van der Waals surface area contributed by atoms with Crippen LogP contribution in [0.5, 0.6) is 0 Å². The standard InChI is InChI=1S/C23H30Cl2N4O3S/c1-16-3-5-17(6-4-16)18(7-9-29-10-8-21(15-29)28-33(2,31)32)14-26-23(30)27-22-12-19(24)11-20(25)13-22/h3-6,11-13,18,21,28H,7-10,14-15H2,1-2H3,(H2,26,27,30). The van der Waals surface area contributed by atoms with Crippen LogP contribution in [0.1, 0.15) is 29.9 Å². The Balaban J connectivity index is 1.58. The van der Waals surface area contributed by atoms with Crippen LogP contribution in [-0.4, -0.2) is 57.8 Å². The van der Waals surface area contributed by atoms with Crippen LogP contribution >= 0.6 is 23.2 Å². The summed E-state index contributed by atoms with van der Waals surface area (Å²) >= 11 is 12.0. The van der Waals surface area contributed by atoms with Crippen molar-refractivity contribution in [1.29, 1.82) is 0 Å². The lowest BCUT2D eigenvalue weighted by Gasteiger charge is -2.23. The third kappa shape index (κ3) is 8.79. The molecular weight excluding hydrogens is 483 g/mol. The highest BCUT2D eigenvalue weighted by atomic mass is 35.5. The molecule has 180 valence electrons. The Morgan fingerprint density at radius 3 is 2.45 bits per heavy atom. The third-order valence-electron chi connectivity index (χ3n) is 5.63. The van der Waals surface area contributed by atoms with E-state index in [0.717, 1.165) is 31.5 Å². The summed E-state index contributed by atoms with van der Waals surface area (Å²) in [6.45, 7) is 4.85. The van der Waals surface area contributed by atoms with Gasteiger partial charge >= 0.3 is 6.03 Å². The maximum absolute atomic E-state index is 12.5. The van der Waals surface area contributed by atoms with E-state index in [1.54, 1.807) is 18.2 Å². The molecule has 2 atom stereocenters. The van der Waals surface area contributed by atoms with E-state index in [9.17, 15) is 13.2 Å². The Hall–Kier alpha value is -1.84. The number of benzene rings is 2. The molecule has 7 nitrogen and oxygen atoms in total. The molecule has 0 radical (unpaired) electrons. The van der Waals surface area contributed by atoms with Gasteiger partial charge in [0.15, 0.2) is 0 Å². The van der Waals surface area contributed by atoms with Gasteiger partial charge in [-0.1, -0.05) is 53.0 Å². The lowest BCUT2D eigenvalue weighted by molar-refractivity contribution is 0.250. The first-order valence-electron chi connectivity index (χ1n) is 10.8. The van der Waals surface area contributed by atoms with Crippen molar-refractivity contribution in [3.63, 3.8) is 0 Å². The van der Waals surface area contributed by atoms with Gasteiger partial charge in [0.2, 0.25) is 10.0 Å². The molecule has 0 aromatic heterocycles. The number of halogens is 2. The normalized spacial score (nSPS) is 17.6. The van der Waals surface area contributed by atoms with Crippen molar-refractivity contribution in [2.45, 2.75) is 31.7 Å². The van der Waals surface area contributed by atoms with Crippen molar-refractivity contribution in [2.24, 2.45) is 0 Å². The van der Waals surface area contributed by atoms with E-state index in [0.29, 0.717) is 28.8 Å². The van der Waals surface area contributed by atoms with Crippen LogP contribution in [-0.2, 0) is 10.0 Å². The predicted octanol–water partition coefficient (Wildman–Crippen LogP) is 4.22. The molecule has 10 heteroatoms. The van der Waals surface area contributed by atoms with E-state index >= 15 is 0 Å². The maximum atomic E-state index is 12.5. The molecule has 0 saturated carbocycles. The van der Waals surface area contributed by atoms with Gasteiger partial charge in [0, 0.05) is 40.8 Å². The highest BCUT2D eigenvalue weighted by molar-refractivity contribution is 7.88. The maximum Gasteiger partial charge on any atom is 0.319 e. The molecule has 1 fully saturated rings. The number of carbonyl (C=O) groups is 1. The number of hydrogen-bond acceptors (Lipinski definition) is 4. The van der Waals surface area contributed by atoms with Crippen LogP contribution in [0.15, 0.2) is 42.5 Å². The summed E-state index contributed by atoms with van der Waals surface area (Å²) in [4.78, 5) is 14.7. The van der Waals surface area contributed by atoms with Crippen molar-refractivity contribution < 1.29 is 13.2 Å². The summed E-state index contributed by atoms with van der Waals surface area (Å²) < 4.78 is 25.7. The third-order valence-corrected chi connectivity index (χ3v) is 6.82. The number of likely N-dealkylation sites (tertiary alicyclic amines) is 1. The van der Waals surface area contributed by atoms with Gasteiger partial charge in [0.1, 0.15) is 0 Å². The van der Waals surface area contributed by atoms with Gasteiger partial charge in [0.05, 0.1) is 6.26 Å². The Morgan fingerprint density at radius 1 is 1.15 bits per heavy atom. The molecule has 1 aliphatic rings. The molecule has 33 heavy (non-hydrogen) atoms. The first kappa shape index (κ1) is 25.8. The molecule has 1 heterocycles. The van der Waals surface area contributed by atoms with Crippen molar-refractivity contribution in [2.75, 3.05) is 37.8 Å². The topological polar surface area (TPSA) is 90.5 Å². The molecule has 0 spiro atoms. The van der Waals surface area contributed by atoms with Gasteiger partial charge < -0.3 is 15.5 Å². The van der Waals surface area contributed by atoms with Crippen LogP contribution in [0.25, 0.3) is 0 Å². The Morgan fingerprint density at radius 2 is 1.82 bits per heavy atom. The molecule has 2 aromatic carbocycles. The van der Waals surface area contributed by atoms with Crippen LogP contribution in [0, 0.1) is 6.92 Å². The van der Waals surface area contributed by atoms with Crippen LogP contribution in [0.4, 0.5) is 10.5 Å². The zero-order valence-corrected chi connectivity index (χ0v) is 21.1. The molecule has 3 N–H and O–H groups in total. The van der Waals surface area contributed by atoms with Gasteiger partial charge in [-0.15, -0.1) is 0 Å². The molecular formula is C23H30Cl2N4O3S. The average molecular weight is 513 g/mol. The Bertz CT molecular complexity index is 1040. The molecule has 0 aliphatic carbocycles. The second-order valence-corrected chi connectivity index (χ2v) is 11.2. The average Bonchev–Trinajstić information content (AvgIpc) is 3.13. The number of sulfonamides is 1. The minimum Gasteiger partial charge on any atom is -0.337 e. The quantitative estimate of drug-likeness (QED) is 0.469. The van der Waals surface area contributed by atoms with Crippen LogP contribution in [0.3, 0.4) is 0 Å². The number of hydrogen-bond donors (Lipinski definition) is 3. The second kappa shape index (κ2) is 11.5. The number of carbonyl (C=O) groups excluding carboxylic acids is 1. The number of urea groups is 1. The summed E-state index contributed by atoms with van der Waals surface area (Å²) in [5.41, 5.74) is 2.85. The minimum absolute atomic E-state index is 0.0498. The zero-order valence-electron chi connectivity index (χ0n) is 18.8. The van der Waals surface area contributed by atoms with E-state index in [4.69, 9.17) is 23.2 Å². The van der Waals surface area contributed by atoms with Gasteiger partial charge in [-0.2, -0.15) is 0 Å². The summed E-state index contributed by atoms with van der Waals surface area (Å²) in [5, 5.41) is 6.62. The van der Waals surface area contributed by atoms with Crippen molar-refractivity contribution in [3.8, 4) is 0 Å². The van der Waals surface area contributed by atoms with E-state index in [1.165, 1.54) is 11.8 Å². The fourth-order valence-corrected chi connectivity index (χ4v) is 5.34. The van der Waals surface area contributed by atoms with Gasteiger partial charge in [0.25, 0.3) is 0 Å². The lowest BCUT2D eigenvalue weighted by atomic mass is 9.94. The Kier molecular flexibility index (Phi) is 9.01. The first-order valence-corrected chi connectivity index (χ1v) is 13.5. The molecule has 1 saturated heterocycles. The summed E-state index contributed by atoms with van der Waals surface area (Å²) in [7, 11) is -3.21. The lowest BCUT2D eigenvalue weighted by Crippen LogP contribution is -2.37. The number of anilines is 1. The SMILES string of the molecule is Cc1ccc(C(CCN2CCC(NS(C)(=O)=O)C2)CNC(=O)Nc2cc(Cl)cc(Cl)c2)cc1. The minimum atomic E-state index is -3.21. The number of nitrogens with zero attached hydrogens (tertiary/aromatic N) is 1. The number of aryl methyl sites for hydroxylation is 1. The Labute approximate surface area is 205 Å². The van der Waals surface area contributed by atoms with E-state index in [1.807, 2.05) is 6.92 Å². The molecule has 2 unspecified atom stereocenters. The summed E-state index contributed by atoms with van der Waals surface area (Å²) in [6, 6.07) is 12.8. The molecule has 2 amide bonds. The fourth-order valence-electron chi connectivity index (χ4n) is 4.02. The summed E-state index contributed by atoms with van der Waals surface area (Å²) in [6.07, 6.45) is 2.82. The van der Waals surface area contributed by atoms with E-state index < -0.39 is 10.0 Å². The molecule has 0 bridgehead atoms. The second-order valence-electron chi connectivity index (χ2n) is 8.57. The number of rotatable bonds is 9. The zero-order chi connectivity index (χ0) is 24.0. The van der Waals surface area contributed by atoms with Crippen LogP contribution < -0.4 is 15.4 Å². The summed E-state index contributed by atoms with van der Waals surface area (Å²) in [5.74, 6) is 0.112. The van der Waals surface area contributed by atoms with Crippen LogP contribution in [0.2, 0.25) is 10.0 Å². The highest BCUT2D eigenvalue weighted by Gasteiger charge is 2.25. The van der Waals surface area contributed by atoms with Gasteiger partial charge in [-0.25, -0.2) is 17.9 Å². The van der Waals surface area contributed by atoms with Gasteiger partial charge in [-0.05, 0) is 56.6 Å². The molecule has 3 rings (SSSR count). The van der Waals surface area contributed by atoms with Crippen molar-refractivity contribution in [1.82, 2.24) is 14.9 Å². The fraction of sp³-hybridized carbons (Fsp3) is 0.435. The van der Waals surface area contributed by atoms with E-state index in [-0.39, 0.29) is 18.0 Å².